The standard InChI is InChI=1S/C19H26N4S/c1-13(8-5-3-4-6-11-24-2)14-9-7-10-15-16(14)17-18(19(20)23-15)22-12-21-17/h7,9-10,12-13H,3-6,8,11H2,1-2H3,(H2,20,23)(H,21,22). The van der Waals surface area contributed by atoms with Crippen LogP contribution in [-0.4, -0.2) is 27.0 Å². The average Bonchev–Trinajstić information content (AvgIpc) is 3.07. The van der Waals surface area contributed by atoms with Gasteiger partial charge in [0.05, 0.1) is 11.8 Å². The van der Waals surface area contributed by atoms with Gasteiger partial charge in [0.15, 0.2) is 0 Å². The van der Waals surface area contributed by atoms with Crippen molar-refractivity contribution >= 4 is 39.5 Å². The number of aromatic nitrogens is 3. The highest BCUT2D eigenvalue weighted by Crippen LogP contribution is 2.33. The Kier molecular flexibility index (Phi) is 5.61. The van der Waals surface area contributed by atoms with Gasteiger partial charge in [0, 0.05) is 5.39 Å². The molecule has 1 aromatic carbocycles. The van der Waals surface area contributed by atoms with Crippen LogP contribution in [0.15, 0.2) is 24.5 Å². The molecule has 0 aliphatic rings. The van der Waals surface area contributed by atoms with Gasteiger partial charge in [-0.15, -0.1) is 0 Å². The number of hydrogen-bond acceptors (Lipinski definition) is 4. The molecule has 0 aliphatic carbocycles. The van der Waals surface area contributed by atoms with Crippen LogP contribution in [0.1, 0.15) is 50.5 Å². The number of pyridine rings is 1. The molecular formula is C19H26N4S. The molecule has 0 fully saturated rings. The van der Waals surface area contributed by atoms with Crippen molar-refractivity contribution in [2.75, 3.05) is 17.7 Å². The fourth-order valence-electron chi connectivity index (χ4n) is 3.39. The molecule has 24 heavy (non-hydrogen) atoms. The second kappa shape index (κ2) is 7.88. The summed E-state index contributed by atoms with van der Waals surface area (Å²) in [5.74, 6) is 2.30. The zero-order valence-electron chi connectivity index (χ0n) is 14.5. The van der Waals surface area contributed by atoms with Crippen molar-refractivity contribution in [2.45, 2.75) is 44.9 Å². The van der Waals surface area contributed by atoms with E-state index in [-0.39, 0.29) is 0 Å². The Hall–Kier alpha value is -1.75. The summed E-state index contributed by atoms with van der Waals surface area (Å²) < 4.78 is 0. The van der Waals surface area contributed by atoms with Gasteiger partial charge in [-0.05, 0) is 42.4 Å². The molecule has 2 aromatic heterocycles. The van der Waals surface area contributed by atoms with E-state index in [1.807, 2.05) is 17.8 Å². The molecule has 0 bridgehead atoms. The van der Waals surface area contributed by atoms with Gasteiger partial charge < -0.3 is 10.7 Å². The van der Waals surface area contributed by atoms with E-state index in [1.165, 1.54) is 43.4 Å². The van der Waals surface area contributed by atoms with Crippen molar-refractivity contribution in [2.24, 2.45) is 0 Å². The van der Waals surface area contributed by atoms with Gasteiger partial charge in [-0.25, -0.2) is 9.97 Å². The highest BCUT2D eigenvalue weighted by atomic mass is 32.2. The number of unbranched alkanes of at least 4 members (excludes halogenated alkanes) is 3. The summed E-state index contributed by atoms with van der Waals surface area (Å²) in [5, 5.41) is 1.15. The normalized spacial score (nSPS) is 12.9. The maximum Gasteiger partial charge on any atom is 0.150 e. The van der Waals surface area contributed by atoms with Crippen LogP contribution in [0.4, 0.5) is 5.82 Å². The second-order valence-electron chi connectivity index (χ2n) is 6.46. The second-order valence-corrected chi connectivity index (χ2v) is 7.45. The maximum atomic E-state index is 6.05. The molecule has 5 heteroatoms. The molecule has 1 unspecified atom stereocenters. The minimum Gasteiger partial charge on any atom is -0.382 e. The largest absolute Gasteiger partial charge is 0.382 e. The first-order chi connectivity index (χ1) is 11.7. The lowest BCUT2D eigenvalue weighted by Crippen LogP contribution is -1.99. The predicted octanol–water partition coefficient (Wildman–Crippen LogP) is 5.11. The Labute approximate surface area is 147 Å². The number of anilines is 1. The number of hydrogen-bond donors (Lipinski definition) is 2. The third kappa shape index (κ3) is 3.51. The van der Waals surface area contributed by atoms with E-state index >= 15 is 0 Å². The van der Waals surface area contributed by atoms with Crippen LogP contribution in [0.2, 0.25) is 0 Å². The van der Waals surface area contributed by atoms with Crippen LogP contribution < -0.4 is 5.73 Å². The van der Waals surface area contributed by atoms with Crippen LogP contribution >= 0.6 is 11.8 Å². The summed E-state index contributed by atoms with van der Waals surface area (Å²) in [5.41, 5.74) is 10.1. The van der Waals surface area contributed by atoms with Gasteiger partial charge in [-0.1, -0.05) is 38.3 Å². The number of nitrogen functional groups attached to an aromatic ring is 1. The van der Waals surface area contributed by atoms with Gasteiger partial charge >= 0.3 is 0 Å². The number of imidazole rings is 1. The molecule has 0 saturated carbocycles. The summed E-state index contributed by atoms with van der Waals surface area (Å²) in [6, 6.07) is 6.32. The van der Waals surface area contributed by atoms with Crippen molar-refractivity contribution in [3.63, 3.8) is 0 Å². The first kappa shape index (κ1) is 17.1. The lowest BCUT2D eigenvalue weighted by atomic mass is 9.91. The van der Waals surface area contributed by atoms with Gasteiger partial charge in [-0.3, -0.25) is 0 Å². The van der Waals surface area contributed by atoms with Crippen LogP contribution in [0.3, 0.4) is 0 Å². The zero-order valence-corrected chi connectivity index (χ0v) is 15.3. The number of benzene rings is 1. The molecule has 2 heterocycles. The number of nitrogens with two attached hydrogens (primary N) is 1. The number of nitrogens with zero attached hydrogens (tertiary/aromatic N) is 2. The van der Waals surface area contributed by atoms with Crippen molar-refractivity contribution in [1.82, 2.24) is 15.0 Å². The van der Waals surface area contributed by atoms with Gasteiger partial charge in [0.1, 0.15) is 16.9 Å². The van der Waals surface area contributed by atoms with E-state index in [1.54, 1.807) is 6.33 Å². The highest BCUT2D eigenvalue weighted by molar-refractivity contribution is 7.98. The molecule has 4 nitrogen and oxygen atoms in total. The molecule has 3 aromatic rings. The number of rotatable bonds is 8. The SMILES string of the molecule is CSCCCCCCC(C)c1cccc2nc(N)c3[nH]cnc3c12. The topological polar surface area (TPSA) is 67.6 Å². The summed E-state index contributed by atoms with van der Waals surface area (Å²) in [7, 11) is 0. The molecule has 3 N–H and O–H groups in total. The highest BCUT2D eigenvalue weighted by Gasteiger charge is 2.15. The van der Waals surface area contributed by atoms with E-state index in [9.17, 15) is 0 Å². The van der Waals surface area contributed by atoms with Crippen LogP contribution in [0.5, 0.6) is 0 Å². The van der Waals surface area contributed by atoms with Crippen molar-refractivity contribution < 1.29 is 0 Å². The number of H-pyrrole nitrogens is 1. The number of thioether (sulfide) groups is 1. The van der Waals surface area contributed by atoms with E-state index in [4.69, 9.17) is 5.73 Å². The third-order valence-corrected chi connectivity index (χ3v) is 5.41. The molecule has 0 spiro atoms. The Morgan fingerprint density at radius 3 is 2.88 bits per heavy atom. The number of nitrogens with one attached hydrogen (secondary N) is 1. The van der Waals surface area contributed by atoms with Crippen LogP contribution in [0.25, 0.3) is 21.9 Å². The van der Waals surface area contributed by atoms with Crippen molar-refractivity contribution in [3.8, 4) is 0 Å². The molecule has 128 valence electrons. The molecule has 0 aliphatic heterocycles. The molecule has 3 rings (SSSR count). The number of fused-ring (bicyclic) bond motifs is 3. The van der Waals surface area contributed by atoms with Gasteiger partial charge in [0.25, 0.3) is 0 Å². The van der Waals surface area contributed by atoms with Gasteiger partial charge in [-0.2, -0.15) is 11.8 Å². The molecule has 0 amide bonds. The minimum atomic E-state index is 0.500. The van der Waals surface area contributed by atoms with Crippen molar-refractivity contribution in [3.05, 3.63) is 30.1 Å². The lowest BCUT2D eigenvalue weighted by Gasteiger charge is -2.15. The average molecular weight is 343 g/mol. The first-order valence-corrected chi connectivity index (χ1v) is 10.1. The summed E-state index contributed by atoms with van der Waals surface area (Å²) in [4.78, 5) is 12.2. The molecule has 1 atom stereocenters. The Morgan fingerprint density at radius 1 is 1.21 bits per heavy atom. The fraction of sp³-hybridized carbons (Fsp3) is 0.474. The Bertz CT molecular complexity index is 812. The quantitative estimate of drug-likeness (QED) is 0.558. The fourth-order valence-corrected chi connectivity index (χ4v) is 3.88. The third-order valence-electron chi connectivity index (χ3n) is 4.71. The smallest absolute Gasteiger partial charge is 0.150 e. The monoisotopic (exact) mass is 342 g/mol. The Morgan fingerprint density at radius 2 is 2.04 bits per heavy atom. The predicted molar refractivity (Wildman–Crippen MR) is 106 cm³/mol. The van der Waals surface area contributed by atoms with E-state index in [2.05, 4.69) is 40.3 Å². The summed E-state index contributed by atoms with van der Waals surface area (Å²) in [6.45, 7) is 2.31. The molecule has 0 saturated heterocycles. The maximum absolute atomic E-state index is 6.05. The Balaban J connectivity index is 1.80. The molecular weight excluding hydrogens is 316 g/mol. The van der Waals surface area contributed by atoms with E-state index in [0.29, 0.717) is 11.7 Å². The summed E-state index contributed by atoms with van der Waals surface area (Å²) >= 11 is 1.94. The van der Waals surface area contributed by atoms with E-state index in [0.717, 1.165) is 21.9 Å². The molecule has 0 radical (unpaired) electrons. The lowest BCUT2D eigenvalue weighted by molar-refractivity contribution is 0.583. The number of aromatic amines is 1. The van der Waals surface area contributed by atoms with Crippen molar-refractivity contribution in [1.29, 1.82) is 0 Å². The minimum absolute atomic E-state index is 0.500. The van der Waals surface area contributed by atoms with Crippen LogP contribution in [-0.2, 0) is 0 Å². The summed E-state index contributed by atoms with van der Waals surface area (Å²) in [6.07, 6.45) is 10.4. The zero-order chi connectivity index (χ0) is 16.9. The van der Waals surface area contributed by atoms with E-state index < -0.39 is 0 Å². The van der Waals surface area contributed by atoms with Crippen LogP contribution in [0, 0.1) is 0 Å². The van der Waals surface area contributed by atoms with Gasteiger partial charge in [0.2, 0.25) is 0 Å². The first-order valence-electron chi connectivity index (χ1n) is 8.72.